The molecule has 0 unspecified atom stereocenters. The van der Waals surface area contributed by atoms with Crippen molar-refractivity contribution in [3.8, 4) is 0 Å². The standard InChI is InChI=1S/C13H22N4O.2ClH/c1-18-5-4-17-3-2-15-13(17)10-16-8-11-6-14-7-12(11)9-16;;/h2-3,11-12,14H,4-10H2,1H3;2*1H/t11-,12+;;. The third kappa shape index (κ3) is 3.86. The third-order valence-corrected chi connectivity index (χ3v) is 4.17. The average Bonchev–Trinajstić information content (AvgIpc) is 3.02. The van der Waals surface area contributed by atoms with Gasteiger partial charge in [0, 0.05) is 39.1 Å². The van der Waals surface area contributed by atoms with Crippen molar-refractivity contribution in [1.29, 1.82) is 0 Å². The average molecular weight is 323 g/mol. The number of rotatable bonds is 5. The minimum Gasteiger partial charge on any atom is -0.383 e. The summed E-state index contributed by atoms with van der Waals surface area (Å²) in [4.78, 5) is 7.02. The molecule has 1 aromatic rings. The molecular weight excluding hydrogens is 299 g/mol. The number of aromatic nitrogens is 2. The van der Waals surface area contributed by atoms with E-state index in [-0.39, 0.29) is 24.8 Å². The minimum absolute atomic E-state index is 0. The summed E-state index contributed by atoms with van der Waals surface area (Å²) >= 11 is 0. The van der Waals surface area contributed by atoms with Gasteiger partial charge in [-0.2, -0.15) is 0 Å². The molecule has 0 amide bonds. The molecule has 0 spiro atoms. The summed E-state index contributed by atoms with van der Waals surface area (Å²) in [7, 11) is 1.74. The Morgan fingerprint density at radius 1 is 1.30 bits per heavy atom. The van der Waals surface area contributed by atoms with Crippen molar-refractivity contribution < 1.29 is 4.74 Å². The number of nitrogens with zero attached hydrogens (tertiary/aromatic N) is 3. The fraction of sp³-hybridized carbons (Fsp3) is 0.769. The van der Waals surface area contributed by atoms with Gasteiger partial charge in [0.15, 0.2) is 0 Å². The van der Waals surface area contributed by atoms with Crippen molar-refractivity contribution in [3.63, 3.8) is 0 Å². The summed E-state index contributed by atoms with van der Waals surface area (Å²) in [5.41, 5.74) is 0. The van der Waals surface area contributed by atoms with Crippen LogP contribution >= 0.6 is 24.8 Å². The number of nitrogens with one attached hydrogen (secondary N) is 1. The van der Waals surface area contributed by atoms with Gasteiger partial charge in [-0.15, -0.1) is 24.8 Å². The smallest absolute Gasteiger partial charge is 0.122 e. The second kappa shape index (κ2) is 8.20. The zero-order valence-corrected chi connectivity index (χ0v) is 13.5. The lowest BCUT2D eigenvalue weighted by Gasteiger charge is -2.17. The summed E-state index contributed by atoms with van der Waals surface area (Å²) in [5.74, 6) is 2.87. The van der Waals surface area contributed by atoms with Crippen LogP contribution in [0.3, 0.4) is 0 Å². The molecule has 20 heavy (non-hydrogen) atoms. The van der Waals surface area contributed by atoms with Crippen molar-refractivity contribution in [1.82, 2.24) is 19.8 Å². The van der Waals surface area contributed by atoms with Crippen LogP contribution in [0, 0.1) is 11.8 Å². The molecule has 2 aliphatic heterocycles. The Morgan fingerprint density at radius 3 is 2.65 bits per heavy atom. The third-order valence-electron chi connectivity index (χ3n) is 4.17. The number of fused-ring (bicyclic) bond motifs is 1. The monoisotopic (exact) mass is 322 g/mol. The molecule has 2 atom stereocenters. The molecule has 3 heterocycles. The first-order valence-electron chi connectivity index (χ1n) is 6.79. The SMILES string of the molecule is COCCn1ccnc1CN1C[C@H]2CNC[C@H]2C1.Cl.Cl. The lowest BCUT2D eigenvalue weighted by atomic mass is 10.0. The van der Waals surface area contributed by atoms with Crippen molar-refractivity contribution in [2.24, 2.45) is 11.8 Å². The van der Waals surface area contributed by atoms with Gasteiger partial charge < -0.3 is 14.6 Å². The highest BCUT2D eigenvalue weighted by Gasteiger charge is 2.36. The molecule has 116 valence electrons. The van der Waals surface area contributed by atoms with E-state index in [9.17, 15) is 0 Å². The highest BCUT2D eigenvalue weighted by atomic mass is 35.5. The number of imidazole rings is 1. The van der Waals surface area contributed by atoms with E-state index in [1.54, 1.807) is 7.11 Å². The van der Waals surface area contributed by atoms with E-state index >= 15 is 0 Å². The summed E-state index contributed by atoms with van der Waals surface area (Å²) in [6, 6.07) is 0. The first-order chi connectivity index (χ1) is 8.86. The fourth-order valence-electron chi connectivity index (χ4n) is 3.17. The molecule has 0 aliphatic carbocycles. The molecule has 0 radical (unpaired) electrons. The Hall–Kier alpha value is -0.330. The van der Waals surface area contributed by atoms with Gasteiger partial charge in [-0.05, 0) is 24.9 Å². The Morgan fingerprint density at radius 2 is 2.00 bits per heavy atom. The van der Waals surface area contributed by atoms with Crippen molar-refractivity contribution in [2.75, 3.05) is 39.9 Å². The zero-order chi connectivity index (χ0) is 12.4. The van der Waals surface area contributed by atoms with E-state index in [0.717, 1.165) is 31.5 Å². The van der Waals surface area contributed by atoms with Crippen LogP contribution in [0.25, 0.3) is 0 Å². The summed E-state index contributed by atoms with van der Waals surface area (Å²) in [5, 5.41) is 3.48. The van der Waals surface area contributed by atoms with Crippen molar-refractivity contribution >= 4 is 24.8 Å². The highest BCUT2D eigenvalue weighted by molar-refractivity contribution is 5.85. The maximum absolute atomic E-state index is 5.13. The molecule has 2 saturated heterocycles. The van der Waals surface area contributed by atoms with Crippen LogP contribution in [-0.4, -0.2) is 54.3 Å². The van der Waals surface area contributed by atoms with Gasteiger partial charge in [0.2, 0.25) is 0 Å². The maximum Gasteiger partial charge on any atom is 0.122 e. The molecular formula is C13H24Cl2N4O. The molecule has 2 fully saturated rings. The number of halogens is 2. The molecule has 0 aromatic carbocycles. The van der Waals surface area contributed by atoms with Crippen LogP contribution in [0.4, 0.5) is 0 Å². The second-order valence-corrected chi connectivity index (χ2v) is 5.40. The Labute approximate surface area is 132 Å². The molecule has 2 aliphatic rings. The second-order valence-electron chi connectivity index (χ2n) is 5.40. The first kappa shape index (κ1) is 17.7. The van der Waals surface area contributed by atoms with Gasteiger partial charge in [-0.25, -0.2) is 4.98 Å². The Kier molecular flexibility index (Phi) is 7.26. The van der Waals surface area contributed by atoms with E-state index in [1.807, 2.05) is 12.4 Å². The van der Waals surface area contributed by atoms with Gasteiger partial charge in [0.05, 0.1) is 13.2 Å². The van der Waals surface area contributed by atoms with Gasteiger partial charge >= 0.3 is 0 Å². The van der Waals surface area contributed by atoms with Crippen LogP contribution in [0.2, 0.25) is 0 Å². The highest BCUT2D eigenvalue weighted by Crippen LogP contribution is 2.27. The molecule has 0 bridgehead atoms. The van der Waals surface area contributed by atoms with Crippen LogP contribution in [-0.2, 0) is 17.8 Å². The molecule has 3 rings (SSSR count). The molecule has 7 heteroatoms. The van der Waals surface area contributed by atoms with Crippen LogP contribution in [0.5, 0.6) is 0 Å². The van der Waals surface area contributed by atoms with Gasteiger partial charge in [-0.3, -0.25) is 4.90 Å². The Bertz CT molecular complexity index is 389. The van der Waals surface area contributed by atoms with E-state index in [0.29, 0.717) is 0 Å². The largest absolute Gasteiger partial charge is 0.383 e. The number of likely N-dealkylation sites (tertiary alicyclic amines) is 1. The van der Waals surface area contributed by atoms with E-state index in [4.69, 9.17) is 4.74 Å². The number of ether oxygens (including phenoxy) is 1. The van der Waals surface area contributed by atoms with E-state index < -0.39 is 0 Å². The predicted octanol–water partition coefficient (Wildman–Crippen LogP) is 1.02. The predicted molar refractivity (Wildman–Crippen MR) is 83.7 cm³/mol. The van der Waals surface area contributed by atoms with Crippen LogP contribution < -0.4 is 5.32 Å². The summed E-state index contributed by atoms with van der Waals surface area (Å²) < 4.78 is 7.33. The maximum atomic E-state index is 5.13. The quantitative estimate of drug-likeness (QED) is 0.879. The molecule has 1 N–H and O–H groups in total. The molecule has 0 saturated carbocycles. The summed E-state index contributed by atoms with van der Waals surface area (Å²) in [6.45, 7) is 7.44. The van der Waals surface area contributed by atoms with Crippen molar-refractivity contribution in [3.05, 3.63) is 18.2 Å². The lowest BCUT2D eigenvalue weighted by molar-refractivity contribution is 0.184. The minimum atomic E-state index is 0. The Balaban J connectivity index is 0.000001000. The topological polar surface area (TPSA) is 42.3 Å². The number of methoxy groups -OCH3 is 1. The fourth-order valence-corrected chi connectivity index (χ4v) is 3.17. The summed E-state index contributed by atoms with van der Waals surface area (Å²) in [6.07, 6.45) is 3.94. The number of hydrogen-bond donors (Lipinski definition) is 1. The van der Waals surface area contributed by atoms with Gasteiger partial charge in [-0.1, -0.05) is 0 Å². The van der Waals surface area contributed by atoms with Crippen LogP contribution in [0.15, 0.2) is 12.4 Å². The van der Waals surface area contributed by atoms with Crippen molar-refractivity contribution in [2.45, 2.75) is 13.1 Å². The number of hydrogen-bond acceptors (Lipinski definition) is 4. The zero-order valence-electron chi connectivity index (χ0n) is 11.8. The normalized spacial score (nSPS) is 25.1. The van der Waals surface area contributed by atoms with Gasteiger partial charge in [0.25, 0.3) is 0 Å². The van der Waals surface area contributed by atoms with Crippen LogP contribution in [0.1, 0.15) is 5.82 Å². The lowest BCUT2D eigenvalue weighted by Crippen LogP contribution is -2.27. The van der Waals surface area contributed by atoms with E-state index in [2.05, 4.69) is 19.8 Å². The van der Waals surface area contributed by atoms with Gasteiger partial charge in [0.1, 0.15) is 5.82 Å². The molecule has 1 aromatic heterocycles. The molecule has 5 nitrogen and oxygen atoms in total. The first-order valence-corrected chi connectivity index (χ1v) is 6.79. The van der Waals surface area contributed by atoms with E-state index in [1.165, 1.54) is 32.0 Å².